The molecule has 0 bridgehead atoms. The molecule has 0 amide bonds. The third-order valence-electron chi connectivity index (χ3n) is 7.25. The van der Waals surface area contributed by atoms with Gasteiger partial charge in [-0.05, 0) is 90.9 Å². The Bertz CT molecular complexity index is 1350. The van der Waals surface area contributed by atoms with E-state index in [1.165, 1.54) is 61.8 Å². The number of aryl methyl sites for hydroxylation is 1. The lowest BCUT2D eigenvalue weighted by Gasteiger charge is -2.33. The molecule has 0 spiro atoms. The average molecular weight is 526 g/mol. The van der Waals surface area contributed by atoms with Crippen LogP contribution < -0.4 is 9.64 Å². The van der Waals surface area contributed by atoms with E-state index in [1.807, 2.05) is 6.07 Å². The van der Waals surface area contributed by atoms with Gasteiger partial charge in [0.2, 0.25) is 0 Å². The molecular weight excluding hydrogens is 486 g/mol. The van der Waals surface area contributed by atoms with Crippen LogP contribution in [0.1, 0.15) is 81.4 Å². The number of hydrogen-bond donors (Lipinski definition) is 0. The number of anilines is 2. The highest BCUT2D eigenvalue weighted by Gasteiger charge is 2.24. The standard InChI is InChI=1S/C34H39NO2S/c1-3-5-7-9-13-26-22-24-38-34(26)21-18-28-17-20-31(36-28)27-16-19-30-33(25-27)37-32-15-11-10-14-29(32)35(30)23-12-8-6-4-2/h10-11,14-22,24-25H,3-9,12-13,23H2,1-2H3/b21-18+. The highest BCUT2D eigenvalue weighted by molar-refractivity contribution is 7.11. The van der Waals surface area contributed by atoms with Gasteiger partial charge in [-0.15, -0.1) is 11.3 Å². The van der Waals surface area contributed by atoms with E-state index in [0.717, 1.165) is 52.9 Å². The molecule has 4 aromatic rings. The van der Waals surface area contributed by atoms with Gasteiger partial charge in [-0.3, -0.25) is 0 Å². The first-order valence-electron chi connectivity index (χ1n) is 14.3. The SMILES string of the molecule is CCCCCCc1ccsc1/C=C/c1ccc(-c2ccc3c(c2)Oc2ccccc2N3CCCCCC)o1. The van der Waals surface area contributed by atoms with Gasteiger partial charge >= 0.3 is 0 Å². The Morgan fingerprint density at radius 2 is 1.58 bits per heavy atom. The summed E-state index contributed by atoms with van der Waals surface area (Å²) < 4.78 is 12.6. The fourth-order valence-electron chi connectivity index (χ4n) is 5.12. The number of nitrogens with zero attached hydrogens (tertiary/aromatic N) is 1. The van der Waals surface area contributed by atoms with Gasteiger partial charge in [-0.2, -0.15) is 0 Å². The van der Waals surface area contributed by atoms with E-state index >= 15 is 0 Å². The minimum absolute atomic E-state index is 0.857. The van der Waals surface area contributed by atoms with Gasteiger partial charge in [0.05, 0.1) is 11.4 Å². The van der Waals surface area contributed by atoms with Crippen molar-refractivity contribution in [2.24, 2.45) is 0 Å². The summed E-state index contributed by atoms with van der Waals surface area (Å²) in [6, 6.07) is 21.2. The van der Waals surface area contributed by atoms with Gasteiger partial charge in [0.15, 0.2) is 11.5 Å². The van der Waals surface area contributed by atoms with Crippen molar-refractivity contribution in [3.05, 3.63) is 82.2 Å². The lowest BCUT2D eigenvalue weighted by atomic mass is 10.1. The molecule has 198 valence electrons. The largest absolute Gasteiger partial charge is 0.457 e. The Morgan fingerprint density at radius 3 is 2.45 bits per heavy atom. The van der Waals surface area contributed by atoms with Crippen molar-refractivity contribution < 1.29 is 9.15 Å². The second-order valence-corrected chi connectivity index (χ2v) is 11.1. The summed E-state index contributed by atoms with van der Waals surface area (Å²) in [6.07, 6.45) is 15.6. The minimum Gasteiger partial charge on any atom is -0.457 e. The zero-order valence-corrected chi connectivity index (χ0v) is 23.6. The molecule has 1 aliphatic heterocycles. The number of ether oxygens (including phenoxy) is 1. The number of rotatable bonds is 13. The number of para-hydroxylation sites is 2. The Balaban J connectivity index is 1.31. The van der Waals surface area contributed by atoms with E-state index in [2.05, 4.69) is 90.9 Å². The molecule has 3 nitrogen and oxygen atoms in total. The van der Waals surface area contributed by atoms with Crippen LogP contribution >= 0.6 is 11.3 Å². The van der Waals surface area contributed by atoms with Gasteiger partial charge in [-0.1, -0.05) is 64.5 Å². The number of thiophene rings is 1. The fraction of sp³-hybridized carbons (Fsp3) is 0.353. The van der Waals surface area contributed by atoms with Gasteiger partial charge in [0.25, 0.3) is 0 Å². The third-order valence-corrected chi connectivity index (χ3v) is 8.18. The molecule has 0 aliphatic carbocycles. The van der Waals surface area contributed by atoms with Gasteiger partial charge < -0.3 is 14.1 Å². The molecule has 3 heterocycles. The first kappa shape index (κ1) is 26.4. The van der Waals surface area contributed by atoms with E-state index in [0.29, 0.717) is 0 Å². The number of fused-ring (bicyclic) bond motifs is 2. The summed E-state index contributed by atoms with van der Waals surface area (Å²) >= 11 is 1.80. The zero-order valence-electron chi connectivity index (χ0n) is 22.7. The average Bonchev–Trinajstić information content (AvgIpc) is 3.61. The molecule has 4 heteroatoms. The van der Waals surface area contributed by atoms with E-state index in [-0.39, 0.29) is 0 Å². The lowest BCUT2D eigenvalue weighted by molar-refractivity contribution is 0.471. The summed E-state index contributed by atoms with van der Waals surface area (Å²) in [5.41, 5.74) is 4.75. The van der Waals surface area contributed by atoms with Crippen LogP contribution in [0.3, 0.4) is 0 Å². The van der Waals surface area contributed by atoms with Crippen LogP contribution in [0, 0.1) is 0 Å². The highest BCUT2D eigenvalue weighted by Crippen LogP contribution is 2.48. The Hall–Kier alpha value is -3.24. The molecular formula is C34H39NO2S. The number of hydrogen-bond acceptors (Lipinski definition) is 4. The smallest absolute Gasteiger partial charge is 0.151 e. The molecule has 38 heavy (non-hydrogen) atoms. The maximum Gasteiger partial charge on any atom is 0.151 e. The molecule has 0 radical (unpaired) electrons. The van der Waals surface area contributed by atoms with E-state index in [1.54, 1.807) is 11.3 Å². The first-order valence-corrected chi connectivity index (χ1v) is 15.2. The predicted octanol–water partition coefficient (Wildman–Crippen LogP) is 11.1. The fourth-order valence-corrected chi connectivity index (χ4v) is 5.97. The van der Waals surface area contributed by atoms with Crippen LogP contribution in [-0.4, -0.2) is 6.54 Å². The van der Waals surface area contributed by atoms with Crippen molar-refractivity contribution in [2.45, 2.75) is 71.6 Å². The van der Waals surface area contributed by atoms with E-state index in [4.69, 9.17) is 9.15 Å². The maximum atomic E-state index is 6.37. The molecule has 0 N–H and O–H groups in total. The molecule has 0 unspecified atom stereocenters. The molecule has 0 atom stereocenters. The van der Waals surface area contributed by atoms with Crippen molar-refractivity contribution in [3.63, 3.8) is 0 Å². The molecule has 1 aliphatic rings. The Kier molecular flexibility index (Phi) is 9.03. The molecule has 0 fully saturated rings. The van der Waals surface area contributed by atoms with Crippen LogP contribution in [0.5, 0.6) is 11.5 Å². The van der Waals surface area contributed by atoms with Crippen LogP contribution in [0.2, 0.25) is 0 Å². The van der Waals surface area contributed by atoms with Crippen LogP contribution in [-0.2, 0) is 6.42 Å². The quantitative estimate of drug-likeness (QED) is 0.162. The van der Waals surface area contributed by atoms with Gasteiger partial charge in [0, 0.05) is 17.0 Å². The first-order chi connectivity index (χ1) is 18.8. The molecule has 2 aromatic carbocycles. The third kappa shape index (κ3) is 6.24. The molecule has 2 aromatic heterocycles. The summed E-state index contributed by atoms with van der Waals surface area (Å²) in [7, 11) is 0. The van der Waals surface area contributed by atoms with Crippen LogP contribution in [0.15, 0.2) is 70.5 Å². The van der Waals surface area contributed by atoms with E-state index < -0.39 is 0 Å². The predicted molar refractivity (Wildman–Crippen MR) is 163 cm³/mol. The zero-order chi connectivity index (χ0) is 26.2. The topological polar surface area (TPSA) is 25.6 Å². The van der Waals surface area contributed by atoms with Crippen molar-refractivity contribution >= 4 is 34.9 Å². The summed E-state index contributed by atoms with van der Waals surface area (Å²) in [5, 5.41) is 2.20. The van der Waals surface area contributed by atoms with Gasteiger partial charge in [-0.25, -0.2) is 0 Å². The normalized spacial score (nSPS) is 12.5. The van der Waals surface area contributed by atoms with Crippen molar-refractivity contribution in [1.29, 1.82) is 0 Å². The Labute approximate surface area is 231 Å². The summed E-state index contributed by atoms with van der Waals surface area (Å²) in [6.45, 7) is 5.51. The lowest BCUT2D eigenvalue weighted by Crippen LogP contribution is -2.22. The maximum absolute atomic E-state index is 6.37. The van der Waals surface area contributed by atoms with Crippen LogP contribution in [0.25, 0.3) is 23.5 Å². The minimum atomic E-state index is 0.857. The molecule has 5 rings (SSSR count). The summed E-state index contributed by atoms with van der Waals surface area (Å²) in [5.74, 6) is 3.52. The van der Waals surface area contributed by atoms with E-state index in [9.17, 15) is 0 Å². The van der Waals surface area contributed by atoms with Gasteiger partial charge in [0.1, 0.15) is 11.5 Å². The number of benzene rings is 2. The highest BCUT2D eigenvalue weighted by atomic mass is 32.1. The second kappa shape index (κ2) is 13.0. The second-order valence-electron chi connectivity index (χ2n) is 10.1. The van der Waals surface area contributed by atoms with Crippen molar-refractivity contribution in [2.75, 3.05) is 11.4 Å². The van der Waals surface area contributed by atoms with Crippen LogP contribution in [0.4, 0.5) is 11.4 Å². The van der Waals surface area contributed by atoms with Crippen molar-refractivity contribution in [3.8, 4) is 22.8 Å². The number of unbranched alkanes of at least 4 members (excludes halogenated alkanes) is 6. The summed E-state index contributed by atoms with van der Waals surface area (Å²) in [4.78, 5) is 3.74. The number of furan rings is 1. The molecule has 0 saturated carbocycles. The Morgan fingerprint density at radius 1 is 0.763 bits per heavy atom. The molecule has 0 saturated heterocycles. The monoisotopic (exact) mass is 525 g/mol. The van der Waals surface area contributed by atoms with Crippen molar-refractivity contribution in [1.82, 2.24) is 0 Å².